The first kappa shape index (κ1) is 19.8. The first-order valence-corrected chi connectivity index (χ1v) is 7.86. The SMILES string of the molecule is COc1ccc(NC(=O)[C@H](C)OC(=O)Cn2ccc(=O)[nH]c2=O)cc1OC. The Labute approximate surface area is 153 Å². The van der Waals surface area contributed by atoms with Crippen LogP contribution < -0.4 is 26.0 Å². The molecule has 1 aromatic carbocycles. The van der Waals surface area contributed by atoms with Crippen LogP contribution in [0, 0.1) is 0 Å². The second kappa shape index (κ2) is 8.70. The summed E-state index contributed by atoms with van der Waals surface area (Å²) in [6, 6.07) is 5.88. The van der Waals surface area contributed by atoms with Crippen molar-refractivity contribution in [2.24, 2.45) is 0 Å². The molecule has 27 heavy (non-hydrogen) atoms. The van der Waals surface area contributed by atoms with Gasteiger partial charge < -0.3 is 19.5 Å². The Hall–Kier alpha value is -3.56. The molecule has 10 nitrogen and oxygen atoms in total. The Morgan fingerprint density at radius 3 is 2.48 bits per heavy atom. The van der Waals surface area contributed by atoms with Gasteiger partial charge in [0.15, 0.2) is 17.6 Å². The van der Waals surface area contributed by atoms with Gasteiger partial charge in [-0.1, -0.05) is 0 Å². The molecule has 1 aromatic heterocycles. The fraction of sp³-hybridized carbons (Fsp3) is 0.294. The number of nitrogens with one attached hydrogen (secondary N) is 2. The number of carbonyl (C=O) groups is 2. The van der Waals surface area contributed by atoms with Crippen molar-refractivity contribution in [3.05, 3.63) is 51.3 Å². The van der Waals surface area contributed by atoms with Crippen LogP contribution in [0.15, 0.2) is 40.1 Å². The highest BCUT2D eigenvalue weighted by Gasteiger charge is 2.19. The molecule has 2 N–H and O–H groups in total. The predicted molar refractivity (Wildman–Crippen MR) is 95.1 cm³/mol. The number of carbonyl (C=O) groups excluding carboxylic acids is 2. The number of amides is 1. The summed E-state index contributed by atoms with van der Waals surface area (Å²) in [6.45, 7) is 0.952. The third-order valence-electron chi connectivity index (χ3n) is 3.52. The van der Waals surface area contributed by atoms with Crippen molar-refractivity contribution >= 4 is 17.6 Å². The highest BCUT2D eigenvalue weighted by atomic mass is 16.5. The van der Waals surface area contributed by atoms with Gasteiger partial charge in [0.25, 0.3) is 11.5 Å². The van der Waals surface area contributed by atoms with Crippen LogP contribution in [0.1, 0.15) is 6.92 Å². The number of hydrogen-bond acceptors (Lipinski definition) is 7. The van der Waals surface area contributed by atoms with E-state index >= 15 is 0 Å². The second-order valence-corrected chi connectivity index (χ2v) is 5.43. The molecular formula is C17H19N3O7. The van der Waals surface area contributed by atoms with Gasteiger partial charge in [0, 0.05) is 24.0 Å². The number of esters is 1. The molecule has 1 amide bonds. The number of rotatable bonds is 7. The Kier molecular flexibility index (Phi) is 6.36. The fourth-order valence-electron chi connectivity index (χ4n) is 2.15. The van der Waals surface area contributed by atoms with Crippen LogP contribution in [0.4, 0.5) is 5.69 Å². The number of benzene rings is 1. The Bertz CT molecular complexity index is 948. The Balaban J connectivity index is 1.97. The van der Waals surface area contributed by atoms with Gasteiger partial charge in [-0.25, -0.2) is 4.79 Å². The zero-order valence-electron chi connectivity index (χ0n) is 15.0. The lowest BCUT2D eigenvalue weighted by molar-refractivity contribution is -0.153. The number of hydrogen-bond donors (Lipinski definition) is 2. The normalized spacial score (nSPS) is 11.4. The molecule has 0 fully saturated rings. The fourth-order valence-corrected chi connectivity index (χ4v) is 2.15. The molecule has 10 heteroatoms. The number of methoxy groups -OCH3 is 2. The average molecular weight is 377 g/mol. The maximum Gasteiger partial charge on any atom is 0.328 e. The second-order valence-electron chi connectivity index (χ2n) is 5.43. The van der Waals surface area contributed by atoms with E-state index < -0.39 is 35.8 Å². The maximum absolute atomic E-state index is 12.2. The van der Waals surface area contributed by atoms with Gasteiger partial charge in [0.1, 0.15) is 6.54 Å². The molecule has 0 bridgehead atoms. The number of nitrogens with zero attached hydrogens (tertiary/aromatic N) is 1. The van der Waals surface area contributed by atoms with Gasteiger partial charge in [0.2, 0.25) is 0 Å². The molecule has 1 atom stereocenters. The molecule has 0 spiro atoms. The minimum Gasteiger partial charge on any atom is -0.493 e. The van der Waals surface area contributed by atoms with E-state index in [-0.39, 0.29) is 0 Å². The zero-order chi connectivity index (χ0) is 20.0. The van der Waals surface area contributed by atoms with Crippen LogP contribution in [0.3, 0.4) is 0 Å². The van der Waals surface area contributed by atoms with Crippen LogP contribution in [-0.4, -0.2) is 41.8 Å². The number of aromatic nitrogens is 2. The van der Waals surface area contributed by atoms with Crippen molar-refractivity contribution in [3.8, 4) is 11.5 Å². The summed E-state index contributed by atoms with van der Waals surface area (Å²) < 4.78 is 16.2. The largest absolute Gasteiger partial charge is 0.493 e. The van der Waals surface area contributed by atoms with E-state index in [0.717, 1.165) is 16.8 Å². The van der Waals surface area contributed by atoms with Crippen molar-refractivity contribution in [1.29, 1.82) is 0 Å². The minimum absolute atomic E-state index is 0.428. The number of ether oxygens (including phenoxy) is 3. The average Bonchev–Trinajstić information content (AvgIpc) is 2.63. The summed E-state index contributed by atoms with van der Waals surface area (Å²) in [5.41, 5.74) is -0.897. The third-order valence-corrected chi connectivity index (χ3v) is 3.52. The highest BCUT2D eigenvalue weighted by molar-refractivity contribution is 5.95. The Morgan fingerprint density at radius 1 is 1.15 bits per heavy atom. The van der Waals surface area contributed by atoms with E-state index in [9.17, 15) is 19.2 Å². The summed E-state index contributed by atoms with van der Waals surface area (Å²) in [7, 11) is 2.96. The standard InChI is InChI=1S/C17H19N3O7/c1-10(27-15(22)9-20-7-6-14(21)19-17(20)24)16(23)18-11-4-5-12(25-2)13(8-11)26-3/h4-8,10H,9H2,1-3H3,(H,18,23)(H,19,21,24)/t10-/m0/s1. The number of aromatic amines is 1. The first-order valence-electron chi connectivity index (χ1n) is 7.86. The van der Waals surface area contributed by atoms with Crippen LogP contribution in [0.2, 0.25) is 0 Å². The minimum atomic E-state index is -1.11. The molecule has 1 heterocycles. The summed E-state index contributed by atoms with van der Waals surface area (Å²) in [5, 5.41) is 2.59. The van der Waals surface area contributed by atoms with E-state index in [0.29, 0.717) is 17.2 Å². The van der Waals surface area contributed by atoms with Gasteiger partial charge in [-0.05, 0) is 19.1 Å². The molecule has 144 valence electrons. The molecule has 0 radical (unpaired) electrons. The predicted octanol–water partition coefficient (Wildman–Crippen LogP) is 0.124. The van der Waals surface area contributed by atoms with Crippen LogP contribution in [0.5, 0.6) is 11.5 Å². The smallest absolute Gasteiger partial charge is 0.328 e. The lowest BCUT2D eigenvalue weighted by Crippen LogP contribution is -2.34. The molecule has 2 aromatic rings. The molecule has 0 unspecified atom stereocenters. The van der Waals surface area contributed by atoms with Gasteiger partial charge >= 0.3 is 11.7 Å². The van der Waals surface area contributed by atoms with E-state index in [1.165, 1.54) is 21.1 Å². The summed E-state index contributed by atoms with van der Waals surface area (Å²) in [5.74, 6) is -0.442. The summed E-state index contributed by atoms with van der Waals surface area (Å²) >= 11 is 0. The van der Waals surface area contributed by atoms with Gasteiger partial charge in [-0.3, -0.25) is 23.9 Å². The summed E-state index contributed by atoms with van der Waals surface area (Å²) in [4.78, 5) is 48.7. The van der Waals surface area contributed by atoms with E-state index in [1.54, 1.807) is 18.2 Å². The van der Waals surface area contributed by atoms with E-state index in [1.807, 2.05) is 4.98 Å². The van der Waals surface area contributed by atoms with Gasteiger partial charge in [-0.2, -0.15) is 0 Å². The zero-order valence-corrected chi connectivity index (χ0v) is 15.0. The maximum atomic E-state index is 12.2. The van der Waals surface area contributed by atoms with Crippen LogP contribution >= 0.6 is 0 Å². The van der Waals surface area contributed by atoms with Gasteiger partial charge in [0.05, 0.1) is 14.2 Å². The third kappa shape index (κ3) is 5.21. The first-order chi connectivity index (χ1) is 12.8. The number of anilines is 1. The van der Waals surface area contributed by atoms with Crippen molar-refractivity contribution in [2.45, 2.75) is 19.6 Å². The summed E-state index contributed by atoms with van der Waals surface area (Å²) in [6.07, 6.45) is 0.0561. The molecule has 0 saturated heterocycles. The van der Waals surface area contributed by atoms with Crippen molar-refractivity contribution < 1.29 is 23.8 Å². The molecule has 2 rings (SSSR count). The topological polar surface area (TPSA) is 129 Å². The number of H-pyrrole nitrogens is 1. The monoisotopic (exact) mass is 377 g/mol. The van der Waals surface area contributed by atoms with E-state index in [4.69, 9.17) is 14.2 Å². The molecule has 0 saturated carbocycles. The molecular weight excluding hydrogens is 358 g/mol. The molecule has 0 aliphatic rings. The van der Waals surface area contributed by atoms with Crippen LogP contribution in [-0.2, 0) is 20.9 Å². The van der Waals surface area contributed by atoms with Crippen LogP contribution in [0.25, 0.3) is 0 Å². The highest BCUT2D eigenvalue weighted by Crippen LogP contribution is 2.29. The quantitative estimate of drug-likeness (QED) is 0.656. The van der Waals surface area contributed by atoms with Crippen molar-refractivity contribution in [2.75, 3.05) is 19.5 Å². The lowest BCUT2D eigenvalue weighted by atomic mass is 10.2. The van der Waals surface area contributed by atoms with Gasteiger partial charge in [-0.15, -0.1) is 0 Å². The van der Waals surface area contributed by atoms with Crippen molar-refractivity contribution in [3.63, 3.8) is 0 Å². The Morgan fingerprint density at radius 2 is 1.85 bits per heavy atom. The molecule has 0 aliphatic heterocycles. The lowest BCUT2D eigenvalue weighted by Gasteiger charge is -2.15. The van der Waals surface area contributed by atoms with E-state index in [2.05, 4.69) is 5.32 Å². The van der Waals surface area contributed by atoms with Crippen molar-refractivity contribution in [1.82, 2.24) is 9.55 Å². The molecule has 0 aliphatic carbocycles.